The lowest BCUT2D eigenvalue weighted by Crippen LogP contribution is -2.35. The second-order valence-electron chi connectivity index (χ2n) is 7.73. The fourth-order valence-electron chi connectivity index (χ4n) is 1.97. The summed E-state index contributed by atoms with van der Waals surface area (Å²) in [7, 11) is 0. The molecule has 202 valence electrons. The Bertz CT molecular complexity index is 412. The van der Waals surface area contributed by atoms with E-state index < -0.39 is 55.3 Å². The van der Waals surface area contributed by atoms with E-state index in [0.717, 1.165) is 0 Å². The van der Waals surface area contributed by atoms with Crippen molar-refractivity contribution in [2.75, 3.05) is 33.0 Å². The first-order chi connectivity index (χ1) is 15.2. The monoisotopic (exact) mass is 492 g/mol. The second kappa shape index (κ2) is 22.8. The van der Waals surface area contributed by atoms with E-state index in [1.54, 1.807) is 6.92 Å². The molecule has 0 amide bonds. The van der Waals surface area contributed by atoms with E-state index in [9.17, 15) is 25.2 Å². The van der Waals surface area contributed by atoms with Gasteiger partial charge in [-0.15, -0.1) is 0 Å². The molecular weight excluding hydrogens is 448 g/mol. The number of aliphatic carboxylic acids is 1. The molecule has 13 heteroatoms. The first-order valence-corrected chi connectivity index (χ1v) is 10.6. The maximum absolute atomic E-state index is 9.45. The summed E-state index contributed by atoms with van der Waals surface area (Å²) in [6.07, 6.45) is -5.00. The molecule has 13 nitrogen and oxygen atoms in total. The summed E-state index contributed by atoms with van der Waals surface area (Å²) < 4.78 is 5.14. The number of carbonyl (C=O) groups is 1. The van der Waals surface area contributed by atoms with Gasteiger partial charge >= 0.3 is 5.97 Å². The van der Waals surface area contributed by atoms with Crippen LogP contribution in [0.4, 0.5) is 0 Å². The molecule has 0 saturated heterocycles. The Morgan fingerprint density at radius 2 is 1.18 bits per heavy atom. The molecule has 0 aliphatic rings. The van der Waals surface area contributed by atoms with Crippen LogP contribution in [0.5, 0.6) is 0 Å². The predicted molar refractivity (Wildman–Crippen MR) is 116 cm³/mol. The summed E-state index contributed by atoms with van der Waals surface area (Å²) in [5, 5.41) is 95.8. The molecule has 0 heterocycles. The molecule has 0 aliphatic carbocycles. The summed E-state index contributed by atoms with van der Waals surface area (Å²) >= 11 is 0. The number of aliphatic hydroxyl groups is 10. The third-order valence-corrected chi connectivity index (χ3v) is 4.37. The Balaban J connectivity index is -0.000000671. The summed E-state index contributed by atoms with van der Waals surface area (Å²) in [5.74, 6) is -1.84. The SMILES string of the molecule is CC(CCCC(COCC(O)C(O)CO)C(O)O)C(O)CO.CC(O)C(=O)O.CC(O)CO. The van der Waals surface area contributed by atoms with E-state index in [1.807, 2.05) is 0 Å². The van der Waals surface area contributed by atoms with Gasteiger partial charge in [-0.1, -0.05) is 13.3 Å². The first-order valence-electron chi connectivity index (χ1n) is 10.6. The molecule has 0 fully saturated rings. The van der Waals surface area contributed by atoms with E-state index in [4.69, 9.17) is 40.5 Å². The van der Waals surface area contributed by atoms with Crippen molar-refractivity contribution in [3.8, 4) is 0 Å². The third-order valence-electron chi connectivity index (χ3n) is 4.37. The zero-order valence-corrected chi connectivity index (χ0v) is 19.5. The Labute approximate surface area is 194 Å². The largest absolute Gasteiger partial charge is 0.479 e. The smallest absolute Gasteiger partial charge is 0.332 e. The van der Waals surface area contributed by atoms with Crippen molar-refractivity contribution < 1.29 is 65.7 Å². The van der Waals surface area contributed by atoms with Crippen LogP contribution in [0.2, 0.25) is 0 Å². The Morgan fingerprint density at radius 3 is 1.52 bits per heavy atom. The van der Waals surface area contributed by atoms with Gasteiger partial charge in [0.1, 0.15) is 18.3 Å². The number of hydrogen-bond acceptors (Lipinski definition) is 12. The quantitative estimate of drug-likeness (QED) is 0.0999. The van der Waals surface area contributed by atoms with Crippen LogP contribution >= 0.6 is 0 Å². The molecule has 0 aromatic carbocycles. The molecule has 11 N–H and O–H groups in total. The van der Waals surface area contributed by atoms with Crippen molar-refractivity contribution in [2.24, 2.45) is 11.8 Å². The molecule has 0 radical (unpaired) electrons. The van der Waals surface area contributed by atoms with Crippen LogP contribution in [0.1, 0.15) is 40.0 Å². The fourth-order valence-corrected chi connectivity index (χ4v) is 1.97. The predicted octanol–water partition coefficient (Wildman–Crippen LogP) is -3.39. The van der Waals surface area contributed by atoms with Gasteiger partial charge in [-0.05, 0) is 32.6 Å². The van der Waals surface area contributed by atoms with Gasteiger partial charge in [-0.25, -0.2) is 4.79 Å². The van der Waals surface area contributed by atoms with E-state index in [-0.39, 0.29) is 32.3 Å². The van der Waals surface area contributed by atoms with Crippen LogP contribution in [0, 0.1) is 11.8 Å². The topological polar surface area (TPSA) is 249 Å². The van der Waals surface area contributed by atoms with Crippen molar-refractivity contribution in [1.82, 2.24) is 0 Å². The van der Waals surface area contributed by atoms with Crippen molar-refractivity contribution in [3.63, 3.8) is 0 Å². The van der Waals surface area contributed by atoms with Gasteiger partial charge in [-0.3, -0.25) is 0 Å². The highest BCUT2D eigenvalue weighted by Crippen LogP contribution is 2.18. The third kappa shape index (κ3) is 24.0. The zero-order valence-electron chi connectivity index (χ0n) is 19.5. The number of aliphatic hydroxyl groups excluding tert-OH is 9. The highest BCUT2D eigenvalue weighted by molar-refractivity contribution is 5.71. The summed E-state index contributed by atoms with van der Waals surface area (Å²) in [6, 6.07) is 0. The van der Waals surface area contributed by atoms with Crippen LogP contribution in [-0.2, 0) is 9.53 Å². The number of carboxylic acids is 1. The molecule has 0 aromatic rings. The van der Waals surface area contributed by atoms with Crippen molar-refractivity contribution in [2.45, 2.75) is 76.8 Å². The first kappa shape index (κ1) is 36.6. The van der Waals surface area contributed by atoms with E-state index >= 15 is 0 Å². The molecule has 0 bridgehead atoms. The van der Waals surface area contributed by atoms with Gasteiger partial charge in [0.25, 0.3) is 0 Å². The standard InChI is InChI=1S/C14H30O8.C3H6O3.C3H8O2/c1-9(11(17)5-15)3-2-4-10(14(20)21)7-22-8-13(19)12(18)6-16;1-2(4)3(5)6;1-3(5)2-4/h9-21H,2-8H2,1H3;2,4H,1H3,(H,5,6);3-5H,2H2,1H3. The van der Waals surface area contributed by atoms with Crippen molar-refractivity contribution in [1.29, 1.82) is 0 Å². The molecule has 0 rings (SSSR count). The Hall–Kier alpha value is -0.970. The fraction of sp³-hybridized carbons (Fsp3) is 0.950. The molecule has 0 aromatic heterocycles. The summed E-state index contributed by atoms with van der Waals surface area (Å²) in [5.41, 5.74) is 0. The highest BCUT2D eigenvalue weighted by Gasteiger charge is 2.21. The van der Waals surface area contributed by atoms with E-state index in [0.29, 0.717) is 19.3 Å². The lowest BCUT2D eigenvalue weighted by Gasteiger charge is -2.22. The summed E-state index contributed by atoms with van der Waals surface area (Å²) in [4.78, 5) is 9.45. The van der Waals surface area contributed by atoms with Gasteiger partial charge in [0.2, 0.25) is 0 Å². The van der Waals surface area contributed by atoms with E-state index in [2.05, 4.69) is 0 Å². The van der Waals surface area contributed by atoms with Gasteiger partial charge in [-0.2, -0.15) is 0 Å². The minimum atomic E-state index is -1.57. The Morgan fingerprint density at radius 1 is 0.727 bits per heavy atom. The van der Waals surface area contributed by atoms with Crippen LogP contribution in [-0.4, -0.2) is 132 Å². The van der Waals surface area contributed by atoms with Crippen molar-refractivity contribution in [3.05, 3.63) is 0 Å². The molecule has 0 spiro atoms. The van der Waals surface area contributed by atoms with Crippen molar-refractivity contribution >= 4 is 5.97 Å². The maximum atomic E-state index is 9.45. The minimum Gasteiger partial charge on any atom is -0.479 e. The molecule has 33 heavy (non-hydrogen) atoms. The van der Waals surface area contributed by atoms with Crippen LogP contribution in [0.3, 0.4) is 0 Å². The zero-order chi connectivity index (χ0) is 26.6. The average molecular weight is 493 g/mol. The molecule has 7 atom stereocenters. The molecule has 7 unspecified atom stereocenters. The average Bonchev–Trinajstić information content (AvgIpc) is 2.76. The maximum Gasteiger partial charge on any atom is 0.332 e. The minimum absolute atomic E-state index is 0.0101. The lowest BCUT2D eigenvalue weighted by atomic mass is 9.94. The van der Waals surface area contributed by atoms with E-state index in [1.165, 1.54) is 13.8 Å². The number of hydrogen-bond donors (Lipinski definition) is 11. The van der Waals surface area contributed by atoms with Crippen LogP contribution in [0.25, 0.3) is 0 Å². The van der Waals surface area contributed by atoms with Gasteiger partial charge in [0, 0.05) is 5.92 Å². The summed E-state index contributed by atoms with van der Waals surface area (Å²) in [6.45, 7) is 3.27. The van der Waals surface area contributed by atoms with Gasteiger partial charge in [0.05, 0.1) is 45.2 Å². The Kier molecular flexibility index (Phi) is 25.3. The number of rotatable bonds is 15. The second-order valence-corrected chi connectivity index (χ2v) is 7.73. The molecular formula is C20H44O13. The number of ether oxygens (including phenoxy) is 1. The van der Waals surface area contributed by atoms with Gasteiger partial charge in [0.15, 0.2) is 6.29 Å². The van der Waals surface area contributed by atoms with Crippen LogP contribution in [0.15, 0.2) is 0 Å². The van der Waals surface area contributed by atoms with Crippen LogP contribution < -0.4 is 0 Å². The number of carboxylic acid groups (broad SMARTS) is 1. The lowest BCUT2D eigenvalue weighted by molar-refractivity contribution is -0.145. The highest BCUT2D eigenvalue weighted by atomic mass is 16.5. The normalized spacial score (nSPS) is 17.4. The van der Waals surface area contributed by atoms with Gasteiger partial charge < -0.3 is 60.9 Å². The molecule has 0 aliphatic heterocycles. The molecule has 0 saturated carbocycles.